The average Bonchev–Trinajstić information content (AvgIpc) is 2.03. The number of carboxylic acids is 1. The highest BCUT2D eigenvalue weighted by Crippen LogP contribution is 2.28. The van der Waals surface area contributed by atoms with Crippen molar-refractivity contribution in [3.8, 4) is 0 Å². The van der Waals surface area contributed by atoms with E-state index in [1.165, 1.54) is 0 Å². The molecule has 2 unspecified atom stereocenters. The molecule has 0 aromatic carbocycles. The van der Waals surface area contributed by atoms with Crippen LogP contribution in [0.25, 0.3) is 0 Å². The Morgan fingerprint density at radius 2 is 2.14 bits per heavy atom. The molecule has 2 atom stereocenters. The summed E-state index contributed by atoms with van der Waals surface area (Å²) in [5.74, 6) is -0.769. The van der Waals surface area contributed by atoms with Gasteiger partial charge in [0.25, 0.3) is 0 Å². The van der Waals surface area contributed by atoms with E-state index in [1.807, 2.05) is 6.92 Å². The van der Waals surface area contributed by atoms with E-state index in [4.69, 9.17) is 10.2 Å². The molecule has 0 fully saturated rings. The van der Waals surface area contributed by atoms with E-state index in [1.54, 1.807) is 26.0 Å². The molecule has 0 rings (SSSR count). The van der Waals surface area contributed by atoms with Crippen molar-refractivity contribution < 1.29 is 15.0 Å². The topological polar surface area (TPSA) is 57.5 Å². The molecule has 3 heteroatoms. The molecule has 0 saturated carbocycles. The van der Waals surface area contributed by atoms with E-state index in [9.17, 15) is 4.79 Å². The van der Waals surface area contributed by atoms with Gasteiger partial charge in [-0.15, -0.1) is 0 Å². The zero-order valence-electron chi connectivity index (χ0n) is 9.16. The highest BCUT2D eigenvalue weighted by Gasteiger charge is 2.30. The fraction of sp³-hybridized carbons (Fsp3) is 0.727. The molecule has 0 aromatic heterocycles. The lowest BCUT2D eigenvalue weighted by Gasteiger charge is -2.22. The summed E-state index contributed by atoms with van der Waals surface area (Å²) in [5.41, 5.74) is -0.694. The van der Waals surface area contributed by atoms with E-state index < -0.39 is 17.5 Å². The van der Waals surface area contributed by atoms with Gasteiger partial charge in [-0.3, -0.25) is 4.79 Å². The summed E-state index contributed by atoms with van der Waals surface area (Å²) in [7, 11) is 0. The summed E-state index contributed by atoms with van der Waals surface area (Å²) in [5, 5.41) is 18.0. The first-order chi connectivity index (χ1) is 6.42. The van der Waals surface area contributed by atoms with Crippen LogP contribution in [-0.2, 0) is 4.79 Å². The van der Waals surface area contributed by atoms with Crippen LogP contribution in [0, 0.1) is 5.41 Å². The number of carboxylic acid groups (broad SMARTS) is 1. The highest BCUT2D eigenvalue weighted by atomic mass is 16.4. The standard InChI is InChI=1S/C11H20O3/c1-4-7-11(3,10(13)14)8-5-6-9(2)12/h5-6,9,12H,4,7-8H2,1-3H3,(H,13,14). The van der Waals surface area contributed by atoms with Crippen molar-refractivity contribution in [2.75, 3.05) is 0 Å². The zero-order chi connectivity index (χ0) is 11.2. The van der Waals surface area contributed by atoms with Crippen LogP contribution in [0.5, 0.6) is 0 Å². The van der Waals surface area contributed by atoms with Gasteiger partial charge >= 0.3 is 5.97 Å². The van der Waals surface area contributed by atoms with Gasteiger partial charge in [0.05, 0.1) is 11.5 Å². The molecule has 0 amide bonds. The first-order valence-electron chi connectivity index (χ1n) is 5.00. The fourth-order valence-electron chi connectivity index (χ4n) is 1.37. The van der Waals surface area contributed by atoms with Gasteiger partial charge in [-0.05, 0) is 26.7 Å². The van der Waals surface area contributed by atoms with Crippen molar-refractivity contribution in [3.05, 3.63) is 12.2 Å². The molecule has 0 aliphatic heterocycles. The van der Waals surface area contributed by atoms with E-state index in [0.717, 1.165) is 6.42 Å². The summed E-state index contributed by atoms with van der Waals surface area (Å²) < 4.78 is 0. The Morgan fingerprint density at radius 3 is 2.50 bits per heavy atom. The largest absolute Gasteiger partial charge is 0.481 e. The number of rotatable bonds is 6. The Morgan fingerprint density at radius 1 is 1.57 bits per heavy atom. The van der Waals surface area contributed by atoms with E-state index in [0.29, 0.717) is 12.8 Å². The Labute approximate surface area is 85.4 Å². The third kappa shape index (κ3) is 4.42. The minimum Gasteiger partial charge on any atom is -0.481 e. The second-order valence-electron chi connectivity index (χ2n) is 3.99. The van der Waals surface area contributed by atoms with Gasteiger partial charge < -0.3 is 10.2 Å². The van der Waals surface area contributed by atoms with E-state index >= 15 is 0 Å². The Bertz CT molecular complexity index is 209. The summed E-state index contributed by atoms with van der Waals surface area (Å²) in [4.78, 5) is 11.0. The number of aliphatic hydroxyl groups is 1. The summed E-state index contributed by atoms with van der Waals surface area (Å²) in [6.07, 6.45) is 4.85. The van der Waals surface area contributed by atoms with Crippen LogP contribution in [0.4, 0.5) is 0 Å². The van der Waals surface area contributed by atoms with E-state index in [-0.39, 0.29) is 0 Å². The number of hydrogen-bond acceptors (Lipinski definition) is 2. The van der Waals surface area contributed by atoms with E-state index in [2.05, 4.69) is 0 Å². The second-order valence-corrected chi connectivity index (χ2v) is 3.99. The molecule has 0 heterocycles. The number of hydrogen-bond donors (Lipinski definition) is 2. The molecule has 0 aliphatic carbocycles. The third-order valence-electron chi connectivity index (χ3n) is 2.30. The first kappa shape index (κ1) is 13.2. The smallest absolute Gasteiger partial charge is 0.309 e. The maximum Gasteiger partial charge on any atom is 0.309 e. The lowest BCUT2D eigenvalue weighted by atomic mass is 9.82. The summed E-state index contributed by atoms with van der Waals surface area (Å²) >= 11 is 0. The van der Waals surface area contributed by atoms with Gasteiger partial charge in [0.2, 0.25) is 0 Å². The maximum absolute atomic E-state index is 11.0. The Hall–Kier alpha value is -0.830. The number of aliphatic hydroxyl groups excluding tert-OH is 1. The second kappa shape index (κ2) is 5.81. The Kier molecular flexibility index (Phi) is 5.46. The van der Waals surface area contributed by atoms with Crippen LogP contribution in [0.3, 0.4) is 0 Å². The fourth-order valence-corrected chi connectivity index (χ4v) is 1.37. The number of allylic oxidation sites excluding steroid dienone is 1. The van der Waals surface area contributed by atoms with Crippen molar-refractivity contribution in [3.63, 3.8) is 0 Å². The normalized spacial score (nSPS) is 18.0. The summed E-state index contributed by atoms with van der Waals surface area (Å²) in [6.45, 7) is 5.36. The van der Waals surface area contributed by atoms with Crippen molar-refractivity contribution in [1.82, 2.24) is 0 Å². The molecule has 0 saturated heterocycles. The van der Waals surface area contributed by atoms with Gasteiger partial charge in [-0.2, -0.15) is 0 Å². The van der Waals surface area contributed by atoms with Crippen molar-refractivity contribution in [1.29, 1.82) is 0 Å². The van der Waals surface area contributed by atoms with Crippen LogP contribution in [0.2, 0.25) is 0 Å². The van der Waals surface area contributed by atoms with Gasteiger partial charge in [-0.25, -0.2) is 0 Å². The number of carbonyl (C=O) groups is 1. The molecule has 14 heavy (non-hydrogen) atoms. The van der Waals surface area contributed by atoms with Crippen LogP contribution >= 0.6 is 0 Å². The average molecular weight is 200 g/mol. The molecule has 0 bridgehead atoms. The molecule has 0 aromatic rings. The van der Waals surface area contributed by atoms with Crippen molar-refractivity contribution in [2.24, 2.45) is 5.41 Å². The van der Waals surface area contributed by atoms with Crippen LogP contribution < -0.4 is 0 Å². The predicted octanol–water partition coefficient (Wildman–Crippen LogP) is 2.20. The predicted molar refractivity (Wildman–Crippen MR) is 56.1 cm³/mol. The molecule has 0 spiro atoms. The molecule has 0 radical (unpaired) electrons. The van der Waals surface area contributed by atoms with Crippen LogP contribution in [0.15, 0.2) is 12.2 Å². The molecule has 2 N–H and O–H groups in total. The Balaban J connectivity index is 4.30. The molecule has 0 aliphatic rings. The first-order valence-corrected chi connectivity index (χ1v) is 5.00. The minimum atomic E-state index is -0.769. The molecule has 82 valence electrons. The lowest BCUT2D eigenvalue weighted by molar-refractivity contribution is -0.148. The SMILES string of the molecule is CCCC(C)(CC=CC(C)O)C(=O)O. The monoisotopic (exact) mass is 200 g/mol. The number of aliphatic carboxylic acids is 1. The molecular formula is C11H20O3. The van der Waals surface area contributed by atoms with Gasteiger partial charge in [0.15, 0.2) is 0 Å². The van der Waals surface area contributed by atoms with Gasteiger partial charge in [0, 0.05) is 0 Å². The lowest BCUT2D eigenvalue weighted by Crippen LogP contribution is -2.26. The molecular weight excluding hydrogens is 180 g/mol. The zero-order valence-corrected chi connectivity index (χ0v) is 9.16. The quantitative estimate of drug-likeness (QED) is 0.646. The molecule has 3 nitrogen and oxygen atoms in total. The van der Waals surface area contributed by atoms with Crippen molar-refractivity contribution >= 4 is 5.97 Å². The van der Waals surface area contributed by atoms with Crippen LogP contribution in [0.1, 0.15) is 40.0 Å². The maximum atomic E-state index is 11.0. The summed E-state index contributed by atoms with van der Waals surface area (Å²) in [6, 6.07) is 0. The third-order valence-corrected chi connectivity index (χ3v) is 2.30. The van der Waals surface area contributed by atoms with Gasteiger partial charge in [0.1, 0.15) is 0 Å². The van der Waals surface area contributed by atoms with Gasteiger partial charge in [-0.1, -0.05) is 25.5 Å². The minimum absolute atomic E-state index is 0.473. The van der Waals surface area contributed by atoms with Crippen molar-refractivity contribution in [2.45, 2.75) is 46.1 Å². The highest BCUT2D eigenvalue weighted by molar-refractivity contribution is 5.74. The van der Waals surface area contributed by atoms with Crippen LogP contribution in [-0.4, -0.2) is 22.3 Å².